The van der Waals surface area contributed by atoms with Gasteiger partial charge in [0.05, 0.1) is 0 Å². The number of anilines is 3. The van der Waals surface area contributed by atoms with E-state index in [9.17, 15) is 13.6 Å². The van der Waals surface area contributed by atoms with Gasteiger partial charge in [-0.2, -0.15) is 0 Å². The van der Waals surface area contributed by atoms with Crippen LogP contribution in [0.3, 0.4) is 0 Å². The van der Waals surface area contributed by atoms with E-state index in [1.54, 1.807) is 6.92 Å². The van der Waals surface area contributed by atoms with Crippen molar-refractivity contribution < 1.29 is 13.6 Å². The third-order valence-corrected chi connectivity index (χ3v) is 3.91. The number of aromatic nitrogens is 2. The summed E-state index contributed by atoms with van der Waals surface area (Å²) in [6.07, 6.45) is 0.934. The number of benzene rings is 2. The van der Waals surface area contributed by atoms with Gasteiger partial charge in [0.2, 0.25) is 0 Å². The van der Waals surface area contributed by atoms with Gasteiger partial charge in [-0.15, -0.1) is 0 Å². The van der Waals surface area contributed by atoms with Crippen LogP contribution in [0.25, 0.3) is 0 Å². The third kappa shape index (κ3) is 4.44. The topological polar surface area (TPSA) is 66.9 Å². The Bertz CT molecular complexity index is 954. The molecule has 138 valence electrons. The van der Waals surface area contributed by atoms with Crippen molar-refractivity contribution in [3.63, 3.8) is 0 Å². The molecule has 1 aromatic heterocycles. The Morgan fingerprint density at radius 1 is 1.04 bits per heavy atom. The van der Waals surface area contributed by atoms with E-state index in [1.165, 1.54) is 17.7 Å². The molecule has 3 aromatic rings. The molecule has 0 aliphatic carbocycles. The molecule has 5 nitrogen and oxygen atoms in total. The highest BCUT2D eigenvalue weighted by Gasteiger charge is 2.16. The quantitative estimate of drug-likeness (QED) is 0.689. The van der Waals surface area contributed by atoms with Crippen molar-refractivity contribution in [2.45, 2.75) is 20.3 Å². The number of carbonyl (C=O) groups is 1. The maximum Gasteiger partial charge on any atom is 0.274 e. The van der Waals surface area contributed by atoms with Crippen LogP contribution < -0.4 is 10.6 Å². The number of hydrogen-bond acceptors (Lipinski definition) is 4. The van der Waals surface area contributed by atoms with Crippen molar-refractivity contribution in [1.82, 2.24) is 9.97 Å². The Hall–Kier alpha value is -3.35. The standard InChI is InChI=1S/C20H18F2N4O/c1-3-13-7-9-14(10-8-13)25-18-11-17(23-12(2)24-18)20(27)26-19-15(21)5-4-6-16(19)22/h4-11H,3H2,1-2H3,(H,26,27)(H,23,24,25). The number of nitrogens with one attached hydrogen (secondary N) is 2. The van der Waals surface area contributed by atoms with E-state index in [1.807, 2.05) is 24.3 Å². The van der Waals surface area contributed by atoms with E-state index in [0.717, 1.165) is 24.2 Å². The Morgan fingerprint density at radius 2 is 1.70 bits per heavy atom. The van der Waals surface area contributed by atoms with Gasteiger partial charge in [-0.05, 0) is 43.2 Å². The molecule has 1 heterocycles. The molecule has 7 heteroatoms. The molecule has 3 rings (SSSR count). The van der Waals surface area contributed by atoms with Gasteiger partial charge in [-0.25, -0.2) is 18.7 Å². The fourth-order valence-corrected chi connectivity index (χ4v) is 2.51. The minimum absolute atomic E-state index is 0.00201. The summed E-state index contributed by atoms with van der Waals surface area (Å²) in [4.78, 5) is 20.7. The molecule has 0 radical (unpaired) electrons. The summed E-state index contributed by atoms with van der Waals surface area (Å²) < 4.78 is 27.5. The molecular weight excluding hydrogens is 350 g/mol. The van der Waals surface area contributed by atoms with Crippen LogP contribution in [0.5, 0.6) is 0 Å². The first-order valence-electron chi connectivity index (χ1n) is 8.43. The minimum Gasteiger partial charge on any atom is -0.340 e. The molecule has 0 saturated carbocycles. The number of hydrogen-bond donors (Lipinski definition) is 2. The van der Waals surface area contributed by atoms with E-state index >= 15 is 0 Å². The summed E-state index contributed by atoms with van der Waals surface area (Å²) >= 11 is 0. The lowest BCUT2D eigenvalue weighted by Gasteiger charge is -2.10. The molecule has 0 bridgehead atoms. The highest BCUT2D eigenvalue weighted by Crippen LogP contribution is 2.20. The van der Waals surface area contributed by atoms with Crippen LogP contribution in [0.2, 0.25) is 0 Å². The van der Waals surface area contributed by atoms with Crippen LogP contribution in [0.4, 0.5) is 26.0 Å². The van der Waals surface area contributed by atoms with Gasteiger partial charge in [-0.3, -0.25) is 4.79 Å². The number of amides is 1. The van der Waals surface area contributed by atoms with Crippen LogP contribution in [0.1, 0.15) is 28.8 Å². The number of halogens is 2. The van der Waals surface area contributed by atoms with E-state index in [4.69, 9.17) is 0 Å². The fourth-order valence-electron chi connectivity index (χ4n) is 2.51. The van der Waals surface area contributed by atoms with Crippen LogP contribution in [0.15, 0.2) is 48.5 Å². The summed E-state index contributed by atoms with van der Waals surface area (Å²) in [5.41, 5.74) is 1.49. The van der Waals surface area contributed by atoms with Crippen molar-refractivity contribution >= 4 is 23.1 Å². The number of para-hydroxylation sites is 1. The van der Waals surface area contributed by atoms with E-state index in [-0.39, 0.29) is 5.69 Å². The summed E-state index contributed by atoms with van der Waals surface area (Å²) in [6, 6.07) is 12.6. The average molecular weight is 368 g/mol. The van der Waals surface area contributed by atoms with Gasteiger partial charge in [0.25, 0.3) is 5.91 Å². The van der Waals surface area contributed by atoms with Gasteiger partial charge in [0, 0.05) is 11.8 Å². The van der Waals surface area contributed by atoms with Crippen molar-refractivity contribution in [2.24, 2.45) is 0 Å². The molecule has 2 N–H and O–H groups in total. The first kappa shape index (κ1) is 18.4. The van der Waals surface area contributed by atoms with Gasteiger partial charge < -0.3 is 10.6 Å². The van der Waals surface area contributed by atoms with Crippen molar-refractivity contribution in [3.05, 3.63) is 77.2 Å². The number of carbonyl (C=O) groups excluding carboxylic acids is 1. The van der Waals surface area contributed by atoms with Crippen LogP contribution >= 0.6 is 0 Å². The molecule has 0 fully saturated rings. The van der Waals surface area contributed by atoms with Crippen molar-refractivity contribution in [1.29, 1.82) is 0 Å². The Kier molecular flexibility index (Phi) is 5.40. The van der Waals surface area contributed by atoms with Gasteiger partial charge in [0.15, 0.2) is 0 Å². The molecule has 2 aromatic carbocycles. The van der Waals surface area contributed by atoms with Gasteiger partial charge >= 0.3 is 0 Å². The summed E-state index contributed by atoms with van der Waals surface area (Å²) in [6.45, 7) is 3.70. The maximum absolute atomic E-state index is 13.7. The SMILES string of the molecule is CCc1ccc(Nc2cc(C(=O)Nc3c(F)cccc3F)nc(C)n2)cc1. The zero-order chi connectivity index (χ0) is 19.4. The van der Waals surface area contributed by atoms with Crippen molar-refractivity contribution in [3.8, 4) is 0 Å². The van der Waals surface area contributed by atoms with Crippen LogP contribution in [-0.4, -0.2) is 15.9 Å². The first-order chi connectivity index (χ1) is 13.0. The molecule has 27 heavy (non-hydrogen) atoms. The molecule has 1 amide bonds. The lowest BCUT2D eigenvalue weighted by atomic mass is 10.1. The number of rotatable bonds is 5. The molecule has 0 atom stereocenters. The third-order valence-electron chi connectivity index (χ3n) is 3.91. The second-order valence-electron chi connectivity index (χ2n) is 5.91. The Labute approximate surface area is 155 Å². The lowest BCUT2D eigenvalue weighted by Crippen LogP contribution is -2.17. The Balaban J connectivity index is 1.82. The Morgan fingerprint density at radius 3 is 2.33 bits per heavy atom. The zero-order valence-corrected chi connectivity index (χ0v) is 14.9. The average Bonchev–Trinajstić information content (AvgIpc) is 2.65. The van der Waals surface area contributed by atoms with Crippen LogP contribution in [-0.2, 0) is 6.42 Å². The fraction of sp³-hybridized carbons (Fsp3) is 0.150. The van der Waals surface area contributed by atoms with E-state index < -0.39 is 23.2 Å². The molecular formula is C20H18F2N4O. The summed E-state index contributed by atoms with van der Waals surface area (Å²) in [5, 5.41) is 5.32. The normalized spacial score (nSPS) is 10.5. The second-order valence-corrected chi connectivity index (χ2v) is 5.91. The van der Waals surface area contributed by atoms with Gasteiger partial charge in [0.1, 0.15) is 34.7 Å². The largest absolute Gasteiger partial charge is 0.340 e. The highest BCUT2D eigenvalue weighted by atomic mass is 19.1. The van der Waals surface area contributed by atoms with E-state index in [2.05, 4.69) is 27.5 Å². The van der Waals surface area contributed by atoms with Crippen molar-refractivity contribution in [2.75, 3.05) is 10.6 Å². The monoisotopic (exact) mass is 368 g/mol. The molecule has 0 aliphatic rings. The predicted octanol–water partition coefficient (Wildman–Crippen LogP) is 4.62. The smallest absolute Gasteiger partial charge is 0.274 e. The minimum atomic E-state index is -0.858. The zero-order valence-electron chi connectivity index (χ0n) is 14.9. The van der Waals surface area contributed by atoms with Crippen LogP contribution in [0, 0.1) is 18.6 Å². The first-order valence-corrected chi connectivity index (χ1v) is 8.43. The molecule has 0 unspecified atom stereocenters. The van der Waals surface area contributed by atoms with E-state index in [0.29, 0.717) is 11.6 Å². The lowest BCUT2D eigenvalue weighted by molar-refractivity contribution is 0.102. The molecule has 0 saturated heterocycles. The summed E-state index contributed by atoms with van der Waals surface area (Å²) in [5.74, 6) is -1.68. The molecule has 0 aliphatic heterocycles. The molecule has 0 spiro atoms. The highest BCUT2D eigenvalue weighted by molar-refractivity contribution is 6.03. The number of aryl methyl sites for hydroxylation is 2. The predicted molar refractivity (Wildman–Crippen MR) is 100 cm³/mol. The summed E-state index contributed by atoms with van der Waals surface area (Å²) in [7, 11) is 0. The van der Waals surface area contributed by atoms with Gasteiger partial charge in [-0.1, -0.05) is 25.1 Å². The second kappa shape index (κ2) is 7.90. The maximum atomic E-state index is 13.7. The number of nitrogens with zero attached hydrogens (tertiary/aromatic N) is 2.